The topological polar surface area (TPSA) is 21.3 Å². The van der Waals surface area contributed by atoms with Gasteiger partial charge in [-0.15, -0.1) is 0 Å². The standard InChI is InChI=1S/C16H16BrClFNO/c1-10(2)20-9-11-5-3-4-6-15(11)21-16-8-14(19)13(18)7-12(16)17/h3-8,10,20H,9H2,1-2H3. The summed E-state index contributed by atoms with van der Waals surface area (Å²) in [5.41, 5.74) is 1.01. The molecule has 2 aromatic rings. The van der Waals surface area contributed by atoms with Crippen molar-refractivity contribution < 1.29 is 9.13 Å². The van der Waals surface area contributed by atoms with Crippen molar-refractivity contribution in [1.29, 1.82) is 0 Å². The summed E-state index contributed by atoms with van der Waals surface area (Å²) in [6.45, 7) is 4.84. The van der Waals surface area contributed by atoms with Gasteiger partial charge in [-0.1, -0.05) is 43.6 Å². The molecule has 0 unspecified atom stereocenters. The number of benzene rings is 2. The molecule has 0 bridgehead atoms. The highest BCUT2D eigenvalue weighted by atomic mass is 79.9. The van der Waals surface area contributed by atoms with E-state index in [1.165, 1.54) is 12.1 Å². The maximum Gasteiger partial charge on any atom is 0.145 e. The van der Waals surface area contributed by atoms with Crippen molar-refractivity contribution in [1.82, 2.24) is 5.32 Å². The SMILES string of the molecule is CC(C)NCc1ccccc1Oc1cc(F)c(Cl)cc1Br. The lowest BCUT2D eigenvalue weighted by Gasteiger charge is -2.14. The second-order valence-corrected chi connectivity index (χ2v) is 6.20. The summed E-state index contributed by atoms with van der Waals surface area (Å²) >= 11 is 9.07. The van der Waals surface area contributed by atoms with Crippen LogP contribution in [0.3, 0.4) is 0 Å². The van der Waals surface area contributed by atoms with Crippen molar-refractivity contribution >= 4 is 27.5 Å². The fourth-order valence-electron chi connectivity index (χ4n) is 1.76. The Balaban J connectivity index is 2.25. The first-order valence-corrected chi connectivity index (χ1v) is 7.78. The van der Waals surface area contributed by atoms with Gasteiger partial charge in [0.05, 0.1) is 9.50 Å². The van der Waals surface area contributed by atoms with Gasteiger partial charge in [0, 0.05) is 24.2 Å². The monoisotopic (exact) mass is 371 g/mol. The van der Waals surface area contributed by atoms with Gasteiger partial charge in [0.15, 0.2) is 0 Å². The van der Waals surface area contributed by atoms with Gasteiger partial charge in [-0.2, -0.15) is 0 Å². The molecular weight excluding hydrogens is 357 g/mol. The summed E-state index contributed by atoms with van der Waals surface area (Å²) in [6.07, 6.45) is 0. The number of hydrogen-bond acceptors (Lipinski definition) is 2. The number of nitrogens with one attached hydrogen (secondary N) is 1. The third-order valence-electron chi connectivity index (χ3n) is 2.87. The van der Waals surface area contributed by atoms with Crippen LogP contribution < -0.4 is 10.1 Å². The van der Waals surface area contributed by atoms with Gasteiger partial charge in [0.1, 0.15) is 17.3 Å². The van der Waals surface area contributed by atoms with E-state index in [-0.39, 0.29) is 5.02 Å². The van der Waals surface area contributed by atoms with E-state index in [1.54, 1.807) is 0 Å². The van der Waals surface area contributed by atoms with Gasteiger partial charge in [0.25, 0.3) is 0 Å². The van der Waals surface area contributed by atoms with Crippen molar-refractivity contribution in [3.05, 3.63) is 57.3 Å². The van der Waals surface area contributed by atoms with Crippen LogP contribution in [0.2, 0.25) is 5.02 Å². The zero-order valence-electron chi connectivity index (χ0n) is 11.8. The Morgan fingerprint density at radius 2 is 1.95 bits per heavy atom. The fraction of sp³-hybridized carbons (Fsp3) is 0.250. The number of para-hydroxylation sites is 1. The Bertz CT molecular complexity index is 634. The van der Waals surface area contributed by atoms with Crippen molar-refractivity contribution in [3.63, 3.8) is 0 Å². The van der Waals surface area contributed by atoms with E-state index in [1.807, 2.05) is 24.3 Å². The quantitative estimate of drug-likeness (QED) is 0.697. The van der Waals surface area contributed by atoms with Gasteiger partial charge in [-0.05, 0) is 28.1 Å². The molecule has 0 aromatic heterocycles. The minimum Gasteiger partial charge on any atom is -0.456 e. The molecule has 2 aromatic carbocycles. The average Bonchev–Trinajstić information content (AvgIpc) is 2.43. The largest absolute Gasteiger partial charge is 0.456 e. The molecule has 0 atom stereocenters. The van der Waals surface area contributed by atoms with Crippen LogP contribution in [0.4, 0.5) is 4.39 Å². The molecule has 0 amide bonds. The van der Waals surface area contributed by atoms with E-state index in [0.717, 1.165) is 5.56 Å². The number of halogens is 3. The van der Waals surface area contributed by atoms with Crippen molar-refractivity contribution in [3.8, 4) is 11.5 Å². The maximum atomic E-state index is 13.6. The van der Waals surface area contributed by atoms with E-state index in [0.29, 0.717) is 28.6 Å². The van der Waals surface area contributed by atoms with Crippen LogP contribution in [-0.4, -0.2) is 6.04 Å². The summed E-state index contributed by atoms with van der Waals surface area (Å²) in [5.74, 6) is 0.578. The number of rotatable bonds is 5. The van der Waals surface area contributed by atoms with Crippen molar-refractivity contribution in [2.45, 2.75) is 26.4 Å². The first-order chi connectivity index (χ1) is 9.97. The molecule has 0 aliphatic heterocycles. The number of ether oxygens (including phenoxy) is 1. The average molecular weight is 373 g/mol. The Kier molecular flexibility index (Phi) is 5.62. The highest BCUT2D eigenvalue weighted by Crippen LogP contribution is 2.34. The van der Waals surface area contributed by atoms with Gasteiger partial charge in [-0.3, -0.25) is 0 Å². The molecule has 0 spiro atoms. The van der Waals surface area contributed by atoms with E-state index in [4.69, 9.17) is 16.3 Å². The van der Waals surface area contributed by atoms with Crippen LogP contribution >= 0.6 is 27.5 Å². The molecule has 0 saturated carbocycles. The first-order valence-electron chi connectivity index (χ1n) is 6.61. The summed E-state index contributed by atoms with van der Waals surface area (Å²) in [4.78, 5) is 0. The summed E-state index contributed by atoms with van der Waals surface area (Å²) in [7, 11) is 0. The molecule has 2 nitrogen and oxygen atoms in total. The third-order valence-corrected chi connectivity index (χ3v) is 3.78. The lowest BCUT2D eigenvalue weighted by atomic mass is 10.2. The second-order valence-electron chi connectivity index (χ2n) is 4.94. The molecule has 1 N–H and O–H groups in total. The minimum atomic E-state index is -0.507. The molecule has 0 saturated heterocycles. The van der Waals surface area contributed by atoms with Crippen molar-refractivity contribution in [2.24, 2.45) is 0 Å². The van der Waals surface area contributed by atoms with Crippen LogP contribution in [0, 0.1) is 5.82 Å². The highest BCUT2D eigenvalue weighted by Gasteiger charge is 2.11. The van der Waals surface area contributed by atoms with Crippen LogP contribution in [0.15, 0.2) is 40.9 Å². The summed E-state index contributed by atoms with van der Waals surface area (Å²) < 4.78 is 20.0. The van der Waals surface area contributed by atoms with Crippen molar-refractivity contribution in [2.75, 3.05) is 0 Å². The van der Waals surface area contributed by atoms with Gasteiger partial charge in [0.2, 0.25) is 0 Å². The Morgan fingerprint density at radius 1 is 1.24 bits per heavy atom. The molecular formula is C16H16BrClFNO. The molecule has 5 heteroatoms. The Morgan fingerprint density at radius 3 is 2.67 bits per heavy atom. The molecule has 21 heavy (non-hydrogen) atoms. The molecule has 0 aliphatic carbocycles. The van der Waals surface area contributed by atoms with Crippen LogP contribution in [0.5, 0.6) is 11.5 Å². The van der Waals surface area contributed by atoms with Gasteiger partial charge >= 0.3 is 0 Å². The highest BCUT2D eigenvalue weighted by molar-refractivity contribution is 9.10. The lowest BCUT2D eigenvalue weighted by Crippen LogP contribution is -2.22. The molecule has 2 rings (SSSR count). The predicted octanol–water partition coefficient (Wildman–Crippen LogP) is 5.53. The van der Waals surface area contributed by atoms with E-state index in [2.05, 4.69) is 35.1 Å². The van der Waals surface area contributed by atoms with E-state index in [9.17, 15) is 4.39 Å². The summed E-state index contributed by atoms with van der Waals surface area (Å²) in [5, 5.41) is 3.40. The molecule has 0 fully saturated rings. The van der Waals surface area contributed by atoms with Gasteiger partial charge in [-0.25, -0.2) is 4.39 Å². The van der Waals surface area contributed by atoms with Crippen LogP contribution in [0.25, 0.3) is 0 Å². The van der Waals surface area contributed by atoms with E-state index < -0.39 is 5.82 Å². The second kappa shape index (κ2) is 7.25. The zero-order chi connectivity index (χ0) is 15.4. The lowest BCUT2D eigenvalue weighted by molar-refractivity contribution is 0.462. The predicted molar refractivity (Wildman–Crippen MR) is 87.6 cm³/mol. The van der Waals surface area contributed by atoms with E-state index >= 15 is 0 Å². The van der Waals surface area contributed by atoms with Crippen LogP contribution in [-0.2, 0) is 6.54 Å². The smallest absolute Gasteiger partial charge is 0.145 e. The number of hydrogen-bond donors (Lipinski definition) is 1. The fourth-order valence-corrected chi connectivity index (χ4v) is 2.48. The third kappa shape index (κ3) is 4.43. The summed E-state index contributed by atoms with van der Waals surface area (Å²) in [6, 6.07) is 10.8. The van der Waals surface area contributed by atoms with Crippen LogP contribution in [0.1, 0.15) is 19.4 Å². The molecule has 112 valence electrons. The molecule has 0 radical (unpaired) electrons. The maximum absolute atomic E-state index is 13.6. The Labute approximate surface area is 137 Å². The normalized spacial score (nSPS) is 11.0. The first kappa shape index (κ1) is 16.3. The van der Waals surface area contributed by atoms with Gasteiger partial charge < -0.3 is 10.1 Å². The minimum absolute atomic E-state index is 0.0592. The molecule has 0 aliphatic rings. The Hall–Kier alpha value is -1.10. The zero-order valence-corrected chi connectivity index (χ0v) is 14.1. The molecule has 0 heterocycles.